The number of hydrogen-bond donors (Lipinski definition) is 2. The highest BCUT2D eigenvalue weighted by Crippen LogP contribution is 2.24. The summed E-state index contributed by atoms with van der Waals surface area (Å²) in [6.45, 7) is 9.77. The monoisotopic (exact) mass is 295 g/mol. The number of rotatable bonds is 1. The van der Waals surface area contributed by atoms with Gasteiger partial charge < -0.3 is 15.5 Å². The molecule has 2 rings (SSSR count). The Bertz CT molecular complexity index is 496. The van der Waals surface area contributed by atoms with Crippen molar-refractivity contribution in [1.82, 2.24) is 10.2 Å². The number of urea groups is 1. The standard InChI is InChI=1S/C15H22ClN3O/c1-14(2)10-19(15(3,4)9-17-14)13(20)18-12-7-5-11(16)6-8-12/h5-8,17H,9-10H2,1-4H3,(H,18,20). The van der Waals surface area contributed by atoms with E-state index in [1.54, 1.807) is 24.3 Å². The van der Waals surface area contributed by atoms with Crippen molar-refractivity contribution in [3.05, 3.63) is 29.3 Å². The molecule has 0 aromatic heterocycles. The SMILES string of the molecule is CC1(C)CN(C(=O)Nc2ccc(Cl)cc2)C(C)(C)CN1. The summed E-state index contributed by atoms with van der Waals surface area (Å²) >= 11 is 5.85. The van der Waals surface area contributed by atoms with Gasteiger partial charge in [0.1, 0.15) is 0 Å². The molecule has 0 radical (unpaired) electrons. The van der Waals surface area contributed by atoms with Crippen LogP contribution in [0.25, 0.3) is 0 Å². The van der Waals surface area contributed by atoms with Crippen LogP contribution in [0, 0.1) is 0 Å². The zero-order valence-electron chi connectivity index (χ0n) is 12.5. The van der Waals surface area contributed by atoms with Crippen LogP contribution in [0.3, 0.4) is 0 Å². The number of anilines is 1. The van der Waals surface area contributed by atoms with E-state index in [4.69, 9.17) is 11.6 Å². The van der Waals surface area contributed by atoms with Crippen molar-refractivity contribution in [2.45, 2.75) is 38.8 Å². The van der Waals surface area contributed by atoms with Gasteiger partial charge in [-0.25, -0.2) is 4.79 Å². The Morgan fingerprint density at radius 1 is 1.25 bits per heavy atom. The van der Waals surface area contributed by atoms with Crippen molar-refractivity contribution in [2.24, 2.45) is 0 Å². The molecule has 0 bridgehead atoms. The molecule has 0 unspecified atom stereocenters. The van der Waals surface area contributed by atoms with E-state index in [2.05, 4.69) is 38.3 Å². The Hall–Kier alpha value is -1.26. The van der Waals surface area contributed by atoms with Gasteiger partial charge in [0.25, 0.3) is 0 Å². The Balaban J connectivity index is 2.12. The largest absolute Gasteiger partial charge is 0.322 e. The van der Waals surface area contributed by atoms with Crippen molar-refractivity contribution in [3.8, 4) is 0 Å². The van der Waals surface area contributed by atoms with E-state index in [0.717, 1.165) is 12.2 Å². The molecule has 1 aromatic rings. The molecule has 2 N–H and O–H groups in total. The number of nitrogens with one attached hydrogen (secondary N) is 2. The minimum Gasteiger partial charge on any atom is -0.316 e. The Morgan fingerprint density at radius 2 is 1.85 bits per heavy atom. The van der Waals surface area contributed by atoms with Crippen molar-refractivity contribution in [1.29, 1.82) is 0 Å². The van der Waals surface area contributed by atoms with Gasteiger partial charge in [-0.3, -0.25) is 0 Å². The summed E-state index contributed by atoms with van der Waals surface area (Å²) in [5.74, 6) is 0. The van der Waals surface area contributed by atoms with Crippen LogP contribution in [-0.2, 0) is 0 Å². The molecule has 1 saturated heterocycles. The number of nitrogens with zero attached hydrogens (tertiary/aromatic N) is 1. The van der Waals surface area contributed by atoms with E-state index in [0.29, 0.717) is 11.6 Å². The summed E-state index contributed by atoms with van der Waals surface area (Å²) < 4.78 is 0. The third-order valence-electron chi connectivity index (χ3n) is 3.62. The van der Waals surface area contributed by atoms with Gasteiger partial charge in [0.05, 0.1) is 5.54 Å². The Labute approximate surface area is 125 Å². The van der Waals surface area contributed by atoms with Crippen LogP contribution in [0.4, 0.5) is 10.5 Å². The smallest absolute Gasteiger partial charge is 0.316 e. The van der Waals surface area contributed by atoms with Gasteiger partial charge in [-0.05, 0) is 52.0 Å². The highest BCUT2D eigenvalue weighted by molar-refractivity contribution is 6.30. The molecular weight excluding hydrogens is 274 g/mol. The van der Waals surface area contributed by atoms with Crippen LogP contribution < -0.4 is 10.6 Å². The van der Waals surface area contributed by atoms with Gasteiger partial charge >= 0.3 is 6.03 Å². The lowest BCUT2D eigenvalue weighted by molar-refractivity contribution is 0.0749. The fourth-order valence-electron chi connectivity index (χ4n) is 2.29. The van der Waals surface area contributed by atoms with Crippen LogP contribution in [-0.4, -0.2) is 35.1 Å². The molecule has 110 valence electrons. The van der Waals surface area contributed by atoms with Crippen LogP contribution in [0.1, 0.15) is 27.7 Å². The van der Waals surface area contributed by atoms with E-state index in [1.165, 1.54) is 0 Å². The minimum absolute atomic E-state index is 0.0765. The fraction of sp³-hybridized carbons (Fsp3) is 0.533. The zero-order chi connectivity index (χ0) is 15.0. The summed E-state index contributed by atoms with van der Waals surface area (Å²) in [6.07, 6.45) is 0. The first kappa shape index (κ1) is 15.1. The summed E-state index contributed by atoms with van der Waals surface area (Å²) in [6, 6.07) is 7.07. The van der Waals surface area contributed by atoms with E-state index in [-0.39, 0.29) is 17.1 Å². The highest BCUT2D eigenvalue weighted by atomic mass is 35.5. The number of halogens is 1. The van der Waals surface area contributed by atoms with Gasteiger partial charge in [-0.1, -0.05) is 11.6 Å². The van der Waals surface area contributed by atoms with Gasteiger partial charge in [-0.2, -0.15) is 0 Å². The van der Waals surface area contributed by atoms with Gasteiger partial charge in [0.15, 0.2) is 0 Å². The van der Waals surface area contributed by atoms with E-state index in [9.17, 15) is 4.79 Å². The van der Waals surface area contributed by atoms with Crippen LogP contribution in [0.15, 0.2) is 24.3 Å². The van der Waals surface area contributed by atoms with Crippen LogP contribution in [0.5, 0.6) is 0 Å². The van der Waals surface area contributed by atoms with Crippen LogP contribution >= 0.6 is 11.6 Å². The number of carbonyl (C=O) groups is 1. The van der Waals surface area contributed by atoms with Crippen molar-refractivity contribution in [3.63, 3.8) is 0 Å². The highest BCUT2D eigenvalue weighted by Gasteiger charge is 2.40. The first-order valence-electron chi connectivity index (χ1n) is 6.79. The van der Waals surface area contributed by atoms with Crippen LogP contribution in [0.2, 0.25) is 5.02 Å². The quantitative estimate of drug-likeness (QED) is 0.834. The first-order valence-corrected chi connectivity index (χ1v) is 7.17. The van der Waals surface area contributed by atoms with Gasteiger partial charge in [0.2, 0.25) is 0 Å². The molecule has 5 heteroatoms. The van der Waals surface area contributed by atoms with Gasteiger partial charge in [0, 0.05) is 29.3 Å². The molecule has 1 aliphatic rings. The van der Waals surface area contributed by atoms with E-state index in [1.807, 2.05) is 4.90 Å². The topological polar surface area (TPSA) is 44.4 Å². The normalized spacial score (nSPS) is 20.6. The summed E-state index contributed by atoms with van der Waals surface area (Å²) in [5.41, 5.74) is 0.463. The molecule has 2 amide bonds. The number of hydrogen-bond acceptors (Lipinski definition) is 2. The maximum absolute atomic E-state index is 12.5. The molecule has 1 aromatic carbocycles. The molecule has 0 aliphatic carbocycles. The molecule has 4 nitrogen and oxygen atoms in total. The summed E-state index contributed by atoms with van der Waals surface area (Å²) in [5, 5.41) is 7.06. The molecule has 0 saturated carbocycles. The van der Waals surface area contributed by atoms with Crippen molar-refractivity contribution < 1.29 is 4.79 Å². The molecule has 0 atom stereocenters. The number of carbonyl (C=O) groups excluding carboxylic acids is 1. The third kappa shape index (κ3) is 3.44. The molecule has 20 heavy (non-hydrogen) atoms. The third-order valence-corrected chi connectivity index (χ3v) is 3.88. The molecule has 1 aliphatic heterocycles. The summed E-state index contributed by atoms with van der Waals surface area (Å²) in [7, 11) is 0. The van der Waals surface area contributed by atoms with Crippen molar-refractivity contribution >= 4 is 23.3 Å². The Kier molecular flexibility index (Phi) is 3.98. The second kappa shape index (κ2) is 5.26. The maximum Gasteiger partial charge on any atom is 0.322 e. The molecule has 1 heterocycles. The number of benzene rings is 1. The Morgan fingerprint density at radius 3 is 2.45 bits per heavy atom. The van der Waals surface area contributed by atoms with E-state index < -0.39 is 0 Å². The zero-order valence-corrected chi connectivity index (χ0v) is 13.2. The van der Waals surface area contributed by atoms with Gasteiger partial charge in [-0.15, -0.1) is 0 Å². The maximum atomic E-state index is 12.5. The van der Waals surface area contributed by atoms with E-state index >= 15 is 0 Å². The first-order chi connectivity index (χ1) is 9.20. The molecule has 0 spiro atoms. The lowest BCUT2D eigenvalue weighted by Gasteiger charge is -2.49. The number of amides is 2. The number of piperazine rings is 1. The molecular formula is C15H22ClN3O. The lowest BCUT2D eigenvalue weighted by atomic mass is 9.92. The van der Waals surface area contributed by atoms with Crippen molar-refractivity contribution in [2.75, 3.05) is 18.4 Å². The second-order valence-electron chi connectivity index (χ2n) is 6.57. The minimum atomic E-state index is -0.216. The average Bonchev–Trinajstić information content (AvgIpc) is 2.35. The average molecular weight is 296 g/mol. The second-order valence-corrected chi connectivity index (χ2v) is 7.01. The summed E-state index contributed by atoms with van der Waals surface area (Å²) in [4.78, 5) is 14.4. The fourth-order valence-corrected chi connectivity index (χ4v) is 2.41. The lowest BCUT2D eigenvalue weighted by Crippen LogP contribution is -2.68. The predicted octanol–water partition coefficient (Wildman–Crippen LogP) is 3.33. The predicted molar refractivity (Wildman–Crippen MR) is 83.3 cm³/mol. The molecule has 1 fully saturated rings.